The molecule has 3 atom stereocenters. The fraction of sp³-hybridized carbons (Fsp3) is 0.207. The Morgan fingerprint density at radius 3 is 2.72 bits per heavy atom. The summed E-state index contributed by atoms with van der Waals surface area (Å²) >= 11 is 0. The number of carbonyl (C=O) groups excluding carboxylic acids is 1. The van der Waals surface area contributed by atoms with Gasteiger partial charge < -0.3 is 5.41 Å². The van der Waals surface area contributed by atoms with Crippen LogP contribution in [-0.4, -0.2) is 26.8 Å². The number of aromatic nitrogens is 3. The van der Waals surface area contributed by atoms with Gasteiger partial charge in [0.05, 0.1) is 28.8 Å². The van der Waals surface area contributed by atoms with Gasteiger partial charge in [-0.15, -0.1) is 0 Å². The molecule has 2 aromatic heterocycles. The van der Waals surface area contributed by atoms with Gasteiger partial charge >= 0.3 is 0 Å². The van der Waals surface area contributed by atoms with Gasteiger partial charge in [-0.1, -0.05) is 43.9 Å². The molecule has 3 unspecified atom stereocenters. The van der Waals surface area contributed by atoms with Crippen LogP contribution in [0.25, 0.3) is 22.4 Å². The predicted octanol–water partition coefficient (Wildman–Crippen LogP) is 5.61. The molecule has 1 aromatic carbocycles. The molecule has 3 aromatic rings. The number of fused-ring (bicyclic) bond motifs is 3. The van der Waals surface area contributed by atoms with Crippen molar-refractivity contribution in [2.24, 2.45) is 11.8 Å². The Morgan fingerprint density at radius 2 is 2.06 bits per heavy atom. The van der Waals surface area contributed by atoms with Crippen LogP contribution in [-0.2, 0) is 11.2 Å². The van der Waals surface area contributed by atoms with Crippen molar-refractivity contribution in [3.05, 3.63) is 95.9 Å². The standard InChI is InChI=1S/C29H24FN5O/c1-3-4-19(13-31)27-25-10-9-24-17(2)29(36)20(14-32)12-26(24)28(25)35(34-27)23-7-5-18(6-8-23)21-11-22(30)16-33-15-21/h3-8,11-13,15-17,24,26,31H,1,9-10H2,2H3/b19-4+,31-13?. The minimum absolute atomic E-state index is 0.0647. The number of halogens is 1. The minimum Gasteiger partial charge on any atom is -0.308 e. The lowest BCUT2D eigenvalue weighted by molar-refractivity contribution is -0.120. The second-order valence-electron chi connectivity index (χ2n) is 9.14. The van der Waals surface area contributed by atoms with E-state index >= 15 is 0 Å². The maximum absolute atomic E-state index is 13.7. The first kappa shape index (κ1) is 23.3. The summed E-state index contributed by atoms with van der Waals surface area (Å²) in [5.74, 6) is -0.852. The van der Waals surface area contributed by atoms with E-state index in [1.807, 2.05) is 35.9 Å². The number of nitrogens with one attached hydrogen (secondary N) is 1. The predicted molar refractivity (Wildman–Crippen MR) is 136 cm³/mol. The average molecular weight is 478 g/mol. The zero-order chi connectivity index (χ0) is 25.4. The summed E-state index contributed by atoms with van der Waals surface area (Å²) in [4.78, 5) is 16.7. The Balaban J connectivity index is 1.69. The first-order valence-corrected chi connectivity index (χ1v) is 11.8. The SMILES string of the molecule is C=C/C=C(\C=N)c1nn(-c2ccc(-c3cncc(F)c3)cc2)c2c1CCC1C(C)C(=O)C(C#N)=CC21. The summed E-state index contributed by atoms with van der Waals surface area (Å²) in [5.41, 5.74) is 5.77. The van der Waals surface area contributed by atoms with Gasteiger partial charge in [-0.25, -0.2) is 9.07 Å². The van der Waals surface area contributed by atoms with Gasteiger partial charge in [-0.2, -0.15) is 10.4 Å². The van der Waals surface area contributed by atoms with E-state index in [1.54, 1.807) is 24.4 Å². The van der Waals surface area contributed by atoms with Crippen molar-refractivity contribution in [3.63, 3.8) is 0 Å². The summed E-state index contributed by atoms with van der Waals surface area (Å²) in [6.45, 7) is 5.67. The zero-order valence-corrected chi connectivity index (χ0v) is 19.8. The van der Waals surface area contributed by atoms with Gasteiger partial charge in [-0.05, 0) is 42.5 Å². The molecular formula is C29H24FN5O. The van der Waals surface area contributed by atoms with Gasteiger partial charge in [-0.3, -0.25) is 9.78 Å². The normalized spacial score (nSPS) is 21.1. The van der Waals surface area contributed by atoms with E-state index in [4.69, 9.17) is 10.5 Å². The molecule has 1 N–H and O–H groups in total. The van der Waals surface area contributed by atoms with E-state index in [-0.39, 0.29) is 29.1 Å². The first-order chi connectivity index (χ1) is 17.5. The molecule has 0 saturated carbocycles. The summed E-state index contributed by atoms with van der Waals surface area (Å²) in [6, 6.07) is 11.1. The lowest BCUT2D eigenvalue weighted by Crippen LogP contribution is -2.35. The number of nitriles is 1. The van der Waals surface area contributed by atoms with Crippen molar-refractivity contribution in [2.75, 3.05) is 0 Å². The third-order valence-electron chi connectivity index (χ3n) is 7.19. The van der Waals surface area contributed by atoms with Gasteiger partial charge in [0.1, 0.15) is 11.9 Å². The number of pyridine rings is 1. The quantitative estimate of drug-likeness (QED) is 0.382. The Morgan fingerprint density at radius 1 is 1.28 bits per heavy atom. The van der Waals surface area contributed by atoms with E-state index in [9.17, 15) is 14.4 Å². The van der Waals surface area contributed by atoms with E-state index in [0.717, 1.165) is 28.9 Å². The number of carbonyl (C=O) groups is 1. The number of nitrogens with zero attached hydrogens (tertiary/aromatic N) is 4. The highest BCUT2D eigenvalue weighted by atomic mass is 19.1. The molecule has 0 spiro atoms. The molecule has 6 nitrogen and oxygen atoms in total. The number of rotatable bonds is 5. The maximum Gasteiger partial charge on any atom is 0.176 e. The Kier molecular flexibility index (Phi) is 6.03. The molecule has 0 saturated heterocycles. The van der Waals surface area contributed by atoms with Gasteiger partial charge in [0.25, 0.3) is 0 Å². The first-order valence-electron chi connectivity index (χ1n) is 11.8. The highest BCUT2D eigenvalue weighted by Gasteiger charge is 2.43. The van der Waals surface area contributed by atoms with Crippen LogP contribution in [0.3, 0.4) is 0 Å². The number of benzene rings is 1. The molecule has 2 aliphatic rings. The molecule has 0 fully saturated rings. The highest BCUT2D eigenvalue weighted by Crippen LogP contribution is 2.47. The molecule has 0 radical (unpaired) electrons. The molecule has 0 amide bonds. The van der Waals surface area contributed by atoms with Crippen LogP contribution in [0.4, 0.5) is 4.39 Å². The highest BCUT2D eigenvalue weighted by molar-refractivity contribution is 6.08. The molecule has 0 aliphatic heterocycles. The summed E-state index contributed by atoms with van der Waals surface area (Å²) in [5, 5.41) is 22.5. The number of hydrogen-bond acceptors (Lipinski definition) is 5. The third-order valence-corrected chi connectivity index (χ3v) is 7.19. The lowest BCUT2D eigenvalue weighted by Gasteiger charge is -2.37. The van der Waals surface area contributed by atoms with Crippen molar-refractivity contribution in [2.45, 2.75) is 25.7 Å². The minimum atomic E-state index is -0.400. The molecule has 2 aliphatic carbocycles. The molecule has 7 heteroatoms. The van der Waals surface area contributed by atoms with Crippen LogP contribution in [0.15, 0.2) is 73.1 Å². The summed E-state index contributed by atoms with van der Waals surface area (Å²) in [6.07, 6.45) is 10.7. The van der Waals surface area contributed by atoms with Crippen molar-refractivity contribution in [1.82, 2.24) is 14.8 Å². The van der Waals surface area contributed by atoms with E-state index < -0.39 is 5.82 Å². The number of Topliss-reactive ketones (excluding diaryl/α,β-unsaturated/α-hetero) is 1. The van der Waals surface area contributed by atoms with Gasteiger partial charge in [0, 0.05) is 40.9 Å². The number of hydrogen-bond donors (Lipinski definition) is 1. The largest absolute Gasteiger partial charge is 0.308 e. The van der Waals surface area contributed by atoms with E-state index in [2.05, 4.69) is 17.6 Å². The van der Waals surface area contributed by atoms with Crippen molar-refractivity contribution < 1.29 is 9.18 Å². The fourth-order valence-electron chi connectivity index (χ4n) is 5.42. The summed E-state index contributed by atoms with van der Waals surface area (Å²) < 4.78 is 15.5. The Labute approximate surface area is 208 Å². The van der Waals surface area contributed by atoms with E-state index in [1.165, 1.54) is 18.5 Å². The summed E-state index contributed by atoms with van der Waals surface area (Å²) in [7, 11) is 0. The molecule has 0 bridgehead atoms. The van der Waals surface area contributed by atoms with Gasteiger partial charge in [0.2, 0.25) is 0 Å². The van der Waals surface area contributed by atoms with Crippen molar-refractivity contribution >= 4 is 17.6 Å². The Bertz CT molecular complexity index is 1490. The fourth-order valence-corrected chi connectivity index (χ4v) is 5.42. The Hall–Kier alpha value is -4.44. The second-order valence-corrected chi connectivity index (χ2v) is 9.14. The second kappa shape index (κ2) is 9.31. The number of ketones is 1. The molecular weight excluding hydrogens is 453 g/mol. The van der Waals surface area contributed by atoms with Crippen molar-refractivity contribution in [1.29, 1.82) is 10.7 Å². The molecule has 2 heterocycles. The van der Waals surface area contributed by atoms with Crippen molar-refractivity contribution in [3.8, 4) is 22.9 Å². The molecule has 5 rings (SSSR count). The van der Waals surface area contributed by atoms with Crippen LogP contribution in [0.2, 0.25) is 0 Å². The third kappa shape index (κ3) is 3.81. The van der Waals surface area contributed by atoms with Crippen LogP contribution in [0.1, 0.15) is 36.2 Å². The smallest absolute Gasteiger partial charge is 0.176 e. The average Bonchev–Trinajstić information content (AvgIpc) is 3.29. The van der Waals surface area contributed by atoms with Crippen LogP contribution in [0, 0.1) is 34.4 Å². The lowest BCUT2D eigenvalue weighted by atomic mass is 9.66. The van der Waals surface area contributed by atoms with Crippen LogP contribution >= 0.6 is 0 Å². The zero-order valence-electron chi connectivity index (χ0n) is 19.8. The number of allylic oxidation sites excluding steroid dienone is 5. The monoisotopic (exact) mass is 477 g/mol. The molecule has 178 valence electrons. The van der Waals surface area contributed by atoms with E-state index in [0.29, 0.717) is 23.3 Å². The van der Waals surface area contributed by atoms with Gasteiger partial charge in [0.15, 0.2) is 5.78 Å². The molecule has 36 heavy (non-hydrogen) atoms. The maximum atomic E-state index is 13.7. The van der Waals surface area contributed by atoms with Crippen LogP contribution in [0.5, 0.6) is 0 Å². The van der Waals surface area contributed by atoms with Crippen LogP contribution < -0.4 is 0 Å². The topological polar surface area (TPSA) is 95.4 Å².